The Morgan fingerprint density at radius 1 is 1.00 bits per heavy atom. The Hall–Kier alpha value is -1.79. The van der Waals surface area contributed by atoms with Crippen LogP contribution in [0.4, 0.5) is 0 Å². The number of rotatable bonds is 13. The van der Waals surface area contributed by atoms with Crippen molar-refractivity contribution in [3.8, 4) is 0 Å². The quantitative estimate of drug-likeness (QED) is 0.221. The normalized spacial score (nSPS) is 15.8. The number of hydrogen-bond acceptors (Lipinski definition) is 8. The molecule has 0 spiro atoms. The SMILES string of the molecule is COOCCOOON1CCN(CC(c2ccccc2)N(C)C(=O)Cc2ccc(Cl)c(Cl)c2)CC1. The zero-order valence-corrected chi connectivity index (χ0v) is 21.4. The Morgan fingerprint density at radius 2 is 1.71 bits per heavy atom. The molecule has 0 aliphatic carbocycles. The molecule has 2 aromatic rings. The van der Waals surface area contributed by atoms with Gasteiger partial charge < -0.3 is 4.90 Å². The Balaban J connectivity index is 1.54. The van der Waals surface area contributed by atoms with Crippen molar-refractivity contribution in [3.63, 3.8) is 0 Å². The van der Waals surface area contributed by atoms with Gasteiger partial charge in [-0.3, -0.25) is 9.69 Å². The van der Waals surface area contributed by atoms with Gasteiger partial charge in [-0.05, 0) is 28.3 Å². The predicted molar refractivity (Wildman–Crippen MR) is 131 cm³/mol. The highest BCUT2D eigenvalue weighted by molar-refractivity contribution is 6.42. The summed E-state index contributed by atoms with van der Waals surface area (Å²) in [6, 6.07) is 15.2. The van der Waals surface area contributed by atoms with E-state index in [4.69, 9.17) is 38.1 Å². The highest BCUT2D eigenvalue weighted by atomic mass is 35.5. The van der Waals surface area contributed by atoms with Gasteiger partial charge in [0.2, 0.25) is 5.91 Å². The Labute approximate surface area is 215 Å². The predicted octanol–water partition coefficient (Wildman–Crippen LogP) is 3.73. The number of benzene rings is 2. The number of carbonyl (C=O) groups is 1. The van der Waals surface area contributed by atoms with Crippen LogP contribution >= 0.6 is 23.2 Å². The van der Waals surface area contributed by atoms with Gasteiger partial charge in [-0.15, -0.1) is 4.99 Å². The van der Waals surface area contributed by atoms with E-state index in [1.165, 1.54) is 7.11 Å². The lowest BCUT2D eigenvalue weighted by atomic mass is 10.0. The largest absolute Gasteiger partial charge is 0.337 e. The molecule has 1 saturated heterocycles. The van der Waals surface area contributed by atoms with Crippen LogP contribution in [0.3, 0.4) is 0 Å². The molecule has 1 fully saturated rings. The van der Waals surface area contributed by atoms with E-state index < -0.39 is 0 Å². The number of piperazine rings is 1. The first-order valence-corrected chi connectivity index (χ1v) is 12.1. The fraction of sp³-hybridized carbons (Fsp3) is 0.458. The average molecular weight is 528 g/mol. The first-order valence-electron chi connectivity index (χ1n) is 11.3. The second-order valence-electron chi connectivity index (χ2n) is 8.04. The van der Waals surface area contributed by atoms with Gasteiger partial charge in [-0.1, -0.05) is 59.6 Å². The molecule has 192 valence electrons. The van der Waals surface area contributed by atoms with E-state index in [-0.39, 0.29) is 31.6 Å². The molecule has 2 aromatic carbocycles. The summed E-state index contributed by atoms with van der Waals surface area (Å²) in [5.41, 5.74) is 1.90. The van der Waals surface area contributed by atoms with Gasteiger partial charge in [0, 0.05) is 39.8 Å². The van der Waals surface area contributed by atoms with Gasteiger partial charge in [0.1, 0.15) is 13.2 Å². The average Bonchev–Trinajstić information content (AvgIpc) is 2.88. The molecule has 1 aliphatic heterocycles. The van der Waals surface area contributed by atoms with Crippen LogP contribution in [0.25, 0.3) is 0 Å². The monoisotopic (exact) mass is 527 g/mol. The molecule has 0 N–H and O–H groups in total. The van der Waals surface area contributed by atoms with Crippen LogP contribution < -0.4 is 0 Å². The maximum Gasteiger partial charge on any atom is 0.227 e. The number of nitrogens with zero attached hydrogens (tertiary/aromatic N) is 3. The molecule has 9 nitrogen and oxygen atoms in total. The number of halogens is 2. The van der Waals surface area contributed by atoms with Crippen LogP contribution in [0.15, 0.2) is 48.5 Å². The van der Waals surface area contributed by atoms with Gasteiger partial charge >= 0.3 is 0 Å². The smallest absolute Gasteiger partial charge is 0.227 e. The fourth-order valence-corrected chi connectivity index (χ4v) is 4.05. The summed E-state index contributed by atoms with van der Waals surface area (Å²) >= 11 is 12.1. The van der Waals surface area contributed by atoms with Crippen molar-refractivity contribution in [1.82, 2.24) is 14.9 Å². The fourth-order valence-electron chi connectivity index (χ4n) is 3.73. The molecule has 35 heavy (non-hydrogen) atoms. The van der Waals surface area contributed by atoms with Crippen molar-refractivity contribution in [2.45, 2.75) is 12.5 Å². The lowest BCUT2D eigenvalue weighted by molar-refractivity contribution is -0.584. The van der Waals surface area contributed by atoms with E-state index in [0.717, 1.165) is 24.2 Å². The highest BCUT2D eigenvalue weighted by Crippen LogP contribution is 2.25. The van der Waals surface area contributed by atoms with Crippen molar-refractivity contribution >= 4 is 29.1 Å². The van der Waals surface area contributed by atoms with Crippen LogP contribution in [0, 0.1) is 0 Å². The molecule has 1 atom stereocenters. The molecule has 1 aliphatic rings. The van der Waals surface area contributed by atoms with Crippen LogP contribution in [0.2, 0.25) is 10.0 Å². The van der Waals surface area contributed by atoms with Crippen LogP contribution in [-0.4, -0.2) is 80.9 Å². The van der Waals surface area contributed by atoms with Crippen molar-refractivity contribution in [1.29, 1.82) is 0 Å². The number of hydroxylamine groups is 2. The summed E-state index contributed by atoms with van der Waals surface area (Å²) in [5.74, 6) is 0.00205. The van der Waals surface area contributed by atoms with E-state index in [2.05, 4.69) is 14.7 Å². The standard InChI is InChI=1S/C24H31Cl2N3O6/c1-27(24(30)17-19-8-9-21(25)22(26)16-19)23(20-6-4-3-5-7-20)18-28-10-12-29(13-11-28)34-35-33-15-14-32-31-2/h3-9,16,23H,10-15,17-18H2,1-2H3. The van der Waals surface area contributed by atoms with Crippen molar-refractivity contribution in [2.24, 2.45) is 0 Å². The van der Waals surface area contributed by atoms with Gasteiger partial charge in [0.05, 0.1) is 29.6 Å². The van der Waals surface area contributed by atoms with Crippen molar-refractivity contribution < 1.29 is 29.5 Å². The van der Waals surface area contributed by atoms with Crippen molar-refractivity contribution in [3.05, 3.63) is 69.7 Å². The lowest BCUT2D eigenvalue weighted by Crippen LogP contribution is -2.49. The number of amides is 1. The number of carbonyl (C=O) groups excluding carboxylic acids is 1. The third-order valence-electron chi connectivity index (χ3n) is 5.70. The van der Waals surface area contributed by atoms with E-state index >= 15 is 0 Å². The summed E-state index contributed by atoms with van der Waals surface area (Å²) < 4.78 is 0. The summed E-state index contributed by atoms with van der Waals surface area (Å²) in [6.07, 6.45) is 0.241. The zero-order chi connectivity index (χ0) is 25.0. The van der Waals surface area contributed by atoms with Crippen LogP contribution in [-0.2, 0) is 35.9 Å². The first kappa shape index (κ1) is 27.8. The third-order valence-corrected chi connectivity index (χ3v) is 6.44. The minimum Gasteiger partial charge on any atom is -0.337 e. The van der Waals surface area contributed by atoms with E-state index in [1.54, 1.807) is 22.1 Å². The topological polar surface area (TPSA) is 72.9 Å². The summed E-state index contributed by atoms with van der Waals surface area (Å²) in [6.45, 7) is 3.83. The second-order valence-corrected chi connectivity index (χ2v) is 8.85. The first-order chi connectivity index (χ1) is 17.0. The van der Waals surface area contributed by atoms with Gasteiger partial charge in [-0.2, -0.15) is 5.06 Å². The molecule has 0 aromatic heterocycles. The zero-order valence-electron chi connectivity index (χ0n) is 19.9. The summed E-state index contributed by atoms with van der Waals surface area (Å²) in [7, 11) is 3.26. The molecule has 3 rings (SSSR count). The Bertz CT molecular complexity index is 915. The van der Waals surface area contributed by atoms with E-state index in [1.807, 2.05) is 43.4 Å². The molecular weight excluding hydrogens is 497 g/mol. The van der Waals surface area contributed by atoms with Gasteiger partial charge in [0.25, 0.3) is 0 Å². The number of hydrogen-bond donors (Lipinski definition) is 0. The molecule has 11 heteroatoms. The Morgan fingerprint density at radius 3 is 2.40 bits per heavy atom. The second kappa shape index (κ2) is 14.7. The minimum absolute atomic E-state index is 0.00205. The van der Waals surface area contributed by atoms with Gasteiger partial charge in [-0.25, -0.2) is 14.7 Å². The third kappa shape index (κ3) is 8.98. The molecule has 1 unspecified atom stereocenters. The maximum absolute atomic E-state index is 13.2. The van der Waals surface area contributed by atoms with E-state index in [9.17, 15) is 4.79 Å². The van der Waals surface area contributed by atoms with Crippen LogP contribution in [0.1, 0.15) is 17.2 Å². The van der Waals surface area contributed by atoms with Crippen LogP contribution in [0.5, 0.6) is 0 Å². The molecule has 1 heterocycles. The Kier molecular flexibility index (Phi) is 11.7. The van der Waals surface area contributed by atoms with E-state index in [0.29, 0.717) is 29.7 Å². The highest BCUT2D eigenvalue weighted by Gasteiger charge is 2.27. The van der Waals surface area contributed by atoms with Gasteiger partial charge in [0.15, 0.2) is 0 Å². The summed E-state index contributed by atoms with van der Waals surface area (Å²) in [4.78, 5) is 36.5. The number of likely N-dealkylation sites (N-methyl/N-ethyl adjacent to an activating group) is 1. The maximum atomic E-state index is 13.2. The molecular formula is C24H31Cl2N3O6. The summed E-state index contributed by atoms with van der Waals surface area (Å²) in [5, 5.41) is 7.35. The minimum atomic E-state index is -0.112. The molecule has 0 bridgehead atoms. The molecule has 1 amide bonds. The molecule has 0 saturated carbocycles. The lowest BCUT2D eigenvalue weighted by Gasteiger charge is -2.37. The molecule has 0 radical (unpaired) electrons. The van der Waals surface area contributed by atoms with Crippen molar-refractivity contribution in [2.75, 3.05) is 60.1 Å².